The molecule has 188 valence electrons. The molecule has 6 heterocycles. The quantitative estimate of drug-likeness (QED) is 0.414. The number of nitrogens with one attached hydrogen (secondary N) is 2. The summed E-state index contributed by atoms with van der Waals surface area (Å²) in [5, 5.41) is 6.39. The normalized spacial score (nSPS) is 19.2. The van der Waals surface area contributed by atoms with Gasteiger partial charge in [-0.1, -0.05) is 12.1 Å². The summed E-state index contributed by atoms with van der Waals surface area (Å²) in [6.45, 7) is 4.99. The van der Waals surface area contributed by atoms with Crippen molar-refractivity contribution in [1.29, 1.82) is 0 Å². The molecule has 0 aliphatic carbocycles. The zero-order chi connectivity index (χ0) is 24.9. The summed E-state index contributed by atoms with van der Waals surface area (Å²) in [4.78, 5) is 24.7. The Labute approximate surface area is 213 Å². The minimum absolute atomic E-state index is 0.125. The summed E-state index contributed by atoms with van der Waals surface area (Å²) in [5.41, 5.74) is 6.78. The van der Waals surface area contributed by atoms with Crippen molar-refractivity contribution >= 4 is 23.1 Å². The number of hydrogen-bond donors (Lipinski definition) is 2. The Morgan fingerprint density at radius 1 is 1.19 bits per heavy atom. The van der Waals surface area contributed by atoms with Gasteiger partial charge in [0.25, 0.3) is 5.91 Å². The van der Waals surface area contributed by atoms with Crippen molar-refractivity contribution in [2.45, 2.75) is 31.8 Å². The third kappa shape index (κ3) is 3.95. The van der Waals surface area contributed by atoms with Gasteiger partial charge in [-0.15, -0.1) is 0 Å². The fourth-order valence-electron chi connectivity index (χ4n) is 5.60. The first-order chi connectivity index (χ1) is 18.1. The first kappa shape index (κ1) is 22.4. The Morgan fingerprint density at radius 3 is 2.92 bits per heavy atom. The smallest absolute Gasteiger partial charge is 0.254 e. The van der Waals surface area contributed by atoms with E-state index >= 15 is 0 Å². The molecule has 0 spiro atoms. The lowest BCUT2D eigenvalue weighted by Crippen LogP contribution is -2.37. The summed E-state index contributed by atoms with van der Waals surface area (Å²) in [6.07, 6.45) is 5.63. The predicted molar refractivity (Wildman–Crippen MR) is 137 cm³/mol. The van der Waals surface area contributed by atoms with E-state index in [0.717, 1.165) is 67.6 Å². The summed E-state index contributed by atoms with van der Waals surface area (Å²) >= 11 is 0. The topological polar surface area (TPSA) is 83.8 Å². The molecule has 1 atom stereocenters. The molecule has 2 N–H and O–H groups in total. The molecule has 3 aliphatic heterocycles. The Hall–Kier alpha value is -3.82. The molecule has 3 aliphatic rings. The molecule has 0 radical (unpaired) electrons. The molecule has 2 saturated heterocycles. The number of nitrogens with zero attached hydrogens (tertiary/aromatic N) is 4. The maximum Gasteiger partial charge on any atom is 0.254 e. The van der Waals surface area contributed by atoms with Crippen LogP contribution < -0.4 is 10.6 Å². The number of ether oxygens (including phenoxy) is 1. The van der Waals surface area contributed by atoms with Crippen molar-refractivity contribution in [3.8, 4) is 11.3 Å². The molecule has 1 amide bonds. The second-order valence-electron chi connectivity index (χ2n) is 9.96. The monoisotopic (exact) mass is 498 g/mol. The number of halogens is 1. The van der Waals surface area contributed by atoms with Crippen LogP contribution in [0, 0.1) is 5.82 Å². The molecule has 8 nitrogen and oxygen atoms in total. The van der Waals surface area contributed by atoms with Crippen LogP contribution in [-0.2, 0) is 17.8 Å². The number of benzene rings is 1. The number of aromatic nitrogens is 3. The molecule has 37 heavy (non-hydrogen) atoms. The second-order valence-corrected chi connectivity index (χ2v) is 9.96. The van der Waals surface area contributed by atoms with Crippen molar-refractivity contribution in [1.82, 2.24) is 24.6 Å². The summed E-state index contributed by atoms with van der Waals surface area (Å²) in [5.74, 6) is 0.641. The zero-order valence-electron chi connectivity index (χ0n) is 20.3. The van der Waals surface area contributed by atoms with Crippen LogP contribution in [0.1, 0.15) is 45.9 Å². The van der Waals surface area contributed by atoms with Crippen molar-refractivity contribution in [2.24, 2.45) is 0 Å². The molecule has 7 rings (SSSR count). The molecule has 9 heteroatoms. The van der Waals surface area contributed by atoms with E-state index in [9.17, 15) is 9.18 Å². The lowest BCUT2D eigenvalue weighted by molar-refractivity contribution is 0.0966. The first-order valence-electron chi connectivity index (χ1n) is 12.8. The highest BCUT2D eigenvalue weighted by molar-refractivity contribution is 6.06. The van der Waals surface area contributed by atoms with E-state index in [1.165, 1.54) is 24.1 Å². The van der Waals surface area contributed by atoms with Crippen LogP contribution in [0.25, 0.3) is 16.9 Å². The van der Waals surface area contributed by atoms with Gasteiger partial charge in [0.05, 0.1) is 35.4 Å². The molecule has 3 aromatic heterocycles. The van der Waals surface area contributed by atoms with E-state index in [-0.39, 0.29) is 11.7 Å². The van der Waals surface area contributed by atoms with Gasteiger partial charge in [0, 0.05) is 43.4 Å². The molecule has 0 unspecified atom stereocenters. The van der Waals surface area contributed by atoms with Gasteiger partial charge in [0.15, 0.2) is 0 Å². The third-order valence-electron chi connectivity index (χ3n) is 7.68. The molecule has 1 aromatic carbocycles. The number of rotatable bonds is 6. The maximum absolute atomic E-state index is 13.7. The number of imidazole rings is 1. The summed E-state index contributed by atoms with van der Waals surface area (Å²) < 4.78 is 21.2. The van der Waals surface area contributed by atoms with Gasteiger partial charge in [0.1, 0.15) is 17.3 Å². The Balaban J connectivity index is 1.25. The Kier molecular flexibility index (Phi) is 5.40. The molecule has 4 aromatic rings. The number of pyridine rings is 2. The van der Waals surface area contributed by atoms with Crippen LogP contribution in [0.3, 0.4) is 0 Å². The largest absolute Gasteiger partial charge is 0.381 e. The average molecular weight is 499 g/mol. The van der Waals surface area contributed by atoms with E-state index in [2.05, 4.69) is 26.6 Å². The van der Waals surface area contributed by atoms with Crippen LogP contribution >= 0.6 is 0 Å². The Bertz CT molecular complexity index is 1520. The van der Waals surface area contributed by atoms with E-state index in [1.807, 2.05) is 22.6 Å². The molecular formula is C28H27FN6O2. The highest BCUT2D eigenvalue weighted by Gasteiger charge is 2.28. The minimum atomic E-state index is -0.335. The van der Waals surface area contributed by atoms with Crippen LogP contribution in [-0.4, -0.2) is 51.5 Å². The number of amides is 1. The average Bonchev–Trinajstić information content (AvgIpc) is 3.63. The lowest BCUT2D eigenvalue weighted by atomic mass is 9.96. The fraction of sp³-hybridized carbons (Fsp3) is 0.321. The van der Waals surface area contributed by atoms with E-state index < -0.39 is 0 Å². The number of fused-ring (bicyclic) bond motifs is 2. The van der Waals surface area contributed by atoms with Crippen LogP contribution in [0.4, 0.5) is 15.9 Å². The summed E-state index contributed by atoms with van der Waals surface area (Å²) in [6, 6.07) is 10.9. The second kappa shape index (κ2) is 8.93. The highest BCUT2D eigenvalue weighted by atomic mass is 19.1. The third-order valence-corrected chi connectivity index (χ3v) is 7.68. The Morgan fingerprint density at radius 2 is 2.11 bits per heavy atom. The van der Waals surface area contributed by atoms with Gasteiger partial charge in [0.2, 0.25) is 0 Å². The van der Waals surface area contributed by atoms with E-state index in [1.54, 1.807) is 12.4 Å². The minimum Gasteiger partial charge on any atom is -0.381 e. The number of anilines is 2. The van der Waals surface area contributed by atoms with Crippen molar-refractivity contribution in [2.75, 3.05) is 31.6 Å². The molecule has 0 bridgehead atoms. The van der Waals surface area contributed by atoms with Crippen LogP contribution in [0.15, 0.2) is 48.8 Å². The fourth-order valence-corrected chi connectivity index (χ4v) is 5.60. The number of likely N-dealkylation sites (tertiary alicyclic amines) is 1. The predicted octanol–water partition coefficient (Wildman–Crippen LogP) is 4.23. The van der Waals surface area contributed by atoms with E-state index in [4.69, 9.17) is 9.72 Å². The number of hydrogen-bond acceptors (Lipinski definition) is 6. The van der Waals surface area contributed by atoms with Gasteiger partial charge in [-0.3, -0.25) is 14.1 Å². The molecule has 0 saturated carbocycles. The maximum atomic E-state index is 13.7. The standard InChI is InChI=1S/C28H27FN6O2/c29-18-6-10-35-24(14-30-26(35)12-18)20-2-4-22(27-21(20)13-31-28(27)36)32-25-5-3-19(17-7-11-37-16-17)23(33-25)15-34-8-1-9-34/h2-6,10,12,14,17H,1,7-9,11,13,15-16H2,(H,31,36)(H,32,33)/t17-/m0/s1. The van der Waals surface area contributed by atoms with Gasteiger partial charge >= 0.3 is 0 Å². The zero-order valence-corrected chi connectivity index (χ0v) is 20.3. The SMILES string of the molecule is O=C1NCc2c(-c3cnc4cc(F)ccn34)ccc(Nc3ccc([C@H]4CCOC4)c(CN4CCC4)n3)c21. The number of carbonyl (C=O) groups is 1. The first-order valence-corrected chi connectivity index (χ1v) is 12.8. The highest BCUT2D eigenvalue weighted by Crippen LogP contribution is 2.36. The molecule has 2 fully saturated rings. The lowest BCUT2D eigenvalue weighted by Gasteiger charge is -2.31. The van der Waals surface area contributed by atoms with Crippen molar-refractivity contribution in [3.05, 3.63) is 77.0 Å². The van der Waals surface area contributed by atoms with Gasteiger partial charge in [-0.05, 0) is 55.3 Å². The van der Waals surface area contributed by atoms with E-state index in [0.29, 0.717) is 29.4 Å². The van der Waals surface area contributed by atoms with Crippen molar-refractivity contribution < 1.29 is 13.9 Å². The number of carbonyl (C=O) groups excluding carboxylic acids is 1. The van der Waals surface area contributed by atoms with Gasteiger partial charge in [-0.25, -0.2) is 14.4 Å². The molecular weight excluding hydrogens is 471 g/mol. The van der Waals surface area contributed by atoms with Gasteiger partial charge in [-0.2, -0.15) is 0 Å². The van der Waals surface area contributed by atoms with Gasteiger partial charge < -0.3 is 15.4 Å². The van der Waals surface area contributed by atoms with Crippen LogP contribution in [0.2, 0.25) is 0 Å². The van der Waals surface area contributed by atoms with Crippen molar-refractivity contribution in [3.63, 3.8) is 0 Å². The van der Waals surface area contributed by atoms with Crippen LogP contribution in [0.5, 0.6) is 0 Å². The summed E-state index contributed by atoms with van der Waals surface area (Å²) in [7, 11) is 0.